The predicted molar refractivity (Wildman–Crippen MR) is 131 cm³/mol. The van der Waals surface area contributed by atoms with Crippen molar-refractivity contribution in [2.24, 2.45) is 0 Å². The van der Waals surface area contributed by atoms with Gasteiger partial charge in [-0.2, -0.15) is 0 Å². The first-order chi connectivity index (χ1) is 16.0. The minimum atomic E-state index is -0.0332. The second kappa shape index (κ2) is 10.1. The zero-order chi connectivity index (χ0) is 23.2. The standard InChI is InChI=1S/C27H28N4O2/c1-20-10-6-7-11-21(20)18-26(32)28-17-16-25-29-23-14-8-9-15-24(23)31(25)19-27(33)30(2)22-12-4-3-5-13-22/h3-15H,16-19H2,1-2H3,(H,28,32). The predicted octanol–water partition coefficient (Wildman–Crippen LogP) is 3.91. The molecule has 0 fully saturated rings. The van der Waals surface area contributed by atoms with E-state index in [0.29, 0.717) is 19.4 Å². The molecule has 1 heterocycles. The molecule has 0 atom stereocenters. The largest absolute Gasteiger partial charge is 0.355 e. The molecule has 33 heavy (non-hydrogen) atoms. The van der Waals surface area contributed by atoms with E-state index in [0.717, 1.165) is 33.7 Å². The molecule has 2 amide bonds. The van der Waals surface area contributed by atoms with Gasteiger partial charge < -0.3 is 14.8 Å². The SMILES string of the molecule is Cc1ccccc1CC(=O)NCCc1nc2ccccc2n1CC(=O)N(C)c1ccccc1. The Labute approximate surface area is 193 Å². The lowest BCUT2D eigenvalue weighted by molar-refractivity contribution is -0.120. The Balaban J connectivity index is 1.45. The van der Waals surface area contributed by atoms with Gasteiger partial charge in [-0.1, -0.05) is 54.6 Å². The molecule has 1 N–H and O–H groups in total. The number of carbonyl (C=O) groups excluding carboxylic acids is 2. The van der Waals surface area contributed by atoms with E-state index in [-0.39, 0.29) is 18.4 Å². The molecule has 0 saturated heterocycles. The summed E-state index contributed by atoms with van der Waals surface area (Å²) in [7, 11) is 1.78. The number of hydrogen-bond acceptors (Lipinski definition) is 3. The molecule has 0 spiro atoms. The van der Waals surface area contributed by atoms with Gasteiger partial charge in [0.2, 0.25) is 11.8 Å². The van der Waals surface area contributed by atoms with Crippen LogP contribution in [-0.2, 0) is 29.0 Å². The van der Waals surface area contributed by atoms with Crippen LogP contribution in [0.3, 0.4) is 0 Å². The van der Waals surface area contributed by atoms with Crippen LogP contribution in [-0.4, -0.2) is 35.0 Å². The number of aromatic nitrogens is 2. The van der Waals surface area contributed by atoms with Crippen LogP contribution < -0.4 is 10.2 Å². The second-order valence-electron chi connectivity index (χ2n) is 8.09. The first-order valence-electron chi connectivity index (χ1n) is 11.1. The number of aryl methyl sites for hydroxylation is 1. The molecule has 1 aromatic heterocycles. The van der Waals surface area contributed by atoms with Crippen molar-refractivity contribution in [2.75, 3.05) is 18.5 Å². The van der Waals surface area contributed by atoms with Gasteiger partial charge in [0.25, 0.3) is 0 Å². The molecular formula is C27H28N4O2. The van der Waals surface area contributed by atoms with Crippen LogP contribution >= 0.6 is 0 Å². The first-order valence-corrected chi connectivity index (χ1v) is 11.1. The summed E-state index contributed by atoms with van der Waals surface area (Å²) in [4.78, 5) is 31.9. The minimum absolute atomic E-state index is 0.0214. The summed E-state index contributed by atoms with van der Waals surface area (Å²) >= 11 is 0. The number of likely N-dealkylation sites (N-methyl/N-ethyl adjacent to an activating group) is 1. The van der Waals surface area contributed by atoms with Gasteiger partial charge in [-0.05, 0) is 42.3 Å². The maximum atomic E-state index is 13.0. The quantitative estimate of drug-likeness (QED) is 0.452. The third-order valence-electron chi connectivity index (χ3n) is 5.83. The number of carbonyl (C=O) groups is 2. The number of imidazole rings is 1. The molecule has 0 aliphatic rings. The highest BCUT2D eigenvalue weighted by atomic mass is 16.2. The third-order valence-corrected chi connectivity index (χ3v) is 5.83. The topological polar surface area (TPSA) is 67.2 Å². The Morgan fingerprint density at radius 3 is 2.42 bits per heavy atom. The van der Waals surface area contributed by atoms with Gasteiger partial charge in [0, 0.05) is 25.7 Å². The second-order valence-corrected chi connectivity index (χ2v) is 8.09. The van der Waals surface area contributed by atoms with Gasteiger partial charge in [0.15, 0.2) is 0 Å². The number of amides is 2. The van der Waals surface area contributed by atoms with Crippen molar-refractivity contribution < 1.29 is 9.59 Å². The van der Waals surface area contributed by atoms with Crippen molar-refractivity contribution in [2.45, 2.75) is 26.3 Å². The van der Waals surface area contributed by atoms with Gasteiger partial charge in [0.05, 0.1) is 17.5 Å². The third kappa shape index (κ3) is 5.29. The van der Waals surface area contributed by atoms with Crippen molar-refractivity contribution in [1.82, 2.24) is 14.9 Å². The lowest BCUT2D eigenvalue weighted by Gasteiger charge is -2.19. The van der Waals surface area contributed by atoms with E-state index in [1.54, 1.807) is 11.9 Å². The Hall–Kier alpha value is -3.93. The Morgan fingerprint density at radius 2 is 1.64 bits per heavy atom. The molecule has 0 radical (unpaired) electrons. The highest BCUT2D eigenvalue weighted by Crippen LogP contribution is 2.18. The number of nitrogens with one attached hydrogen (secondary N) is 1. The Morgan fingerprint density at radius 1 is 0.939 bits per heavy atom. The van der Waals surface area contributed by atoms with Crippen molar-refractivity contribution >= 4 is 28.5 Å². The molecule has 4 rings (SSSR count). The van der Waals surface area contributed by atoms with Gasteiger partial charge in [-0.3, -0.25) is 9.59 Å². The smallest absolute Gasteiger partial charge is 0.246 e. The maximum absolute atomic E-state index is 13.0. The van der Waals surface area contributed by atoms with E-state index in [1.165, 1.54) is 0 Å². The van der Waals surface area contributed by atoms with E-state index in [9.17, 15) is 9.59 Å². The molecule has 4 aromatic rings. The summed E-state index contributed by atoms with van der Waals surface area (Å²) in [6, 6.07) is 25.3. The number of anilines is 1. The minimum Gasteiger partial charge on any atom is -0.355 e. The fourth-order valence-electron chi connectivity index (χ4n) is 3.89. The molecule has 0 unspecified atom stereocenters. The van der Waals surface area contributed by atoms with Gasteiger partial charge in [0.1, 0.15) is 12.4 Å². The number of rotatable bonds is 8. The fraction of sp³-hybridized carbons (Fsp3) is 0.222. The van der Waals surface area contributed by atoms with E-state index in [1.807, 2.05) is 90.4 Å². The average Bonchev–Trinajstić information content (AvgIpc) is 3.17. The van der Waals surface area contributed by atoms with Crippen molar-refractivity contribution in [3.8, 4) is 0 Å². The van der Waals surface area contributed by atoms with E-state index < -0.39 is 0 Å². The molecule has 6 nitrogen and oxygen atoms in total. The van der Waals surface area contributed by atoms with Gasteiger partial charge in [-0.15, -0.1) is 0 Å². The van der Waals surface area contributed by atoms with E-state index in [2.05, 4.69) is 5.32 Å². The summed E-state index contributed by atoms with van der Waals surface area (Å²) in [5.41, 5.74) is 4.73. The summed E-state index contributed by atoms with van der Waals surface area (Å²) < 4.78 is 1.95. The molecule has 3 aromatic carbocycles. The monoisotopic (exact) mass is 440 g/mol. The van der Waals surface area contributed by atoms with Crippen LogP contribution in [0.5, 0.6) is 0 Å². The van der Waals surface area contributed by atoms with Gasteiger partial charge >= 0.3 is 0 Å². The van der Waals surface area contributed by atoms with Crippen molar-refractivity contribution in [3.05, 3.63) is 95.8 Å². The van der Waals surface area contributed by atoms with Crippen molar-refractivity contribution in [1.29, 1.82) is 0 Å². The molecule has 0 aliphatic heterocycles. The maximum Gasteiger partial charge on any atom is 0.246 e. The average molecular weight is 441 g/mol. The van der Waals surface area contributed by atoms with Crippen molar-refractivity contribution in [3.63, 3.8) is 0 Å². The summed E-state index contributed by atoms with van der Waals surface area (Å²) in [5, 5.41) is 2.99. The molecule has 168 valence electrons. The fourth-order valence-corrected chi connectivity index (χ4v) is 3.89. The van der Waals surface area contributed by atoms with Crippen LogP contribution in [0.2, 0.25) is 0 Å². The Kier molecular flexibility index (Phi) is 6.83. The highest BCUT2D eigenvalue weighted by molar-refractivity contribution is 5.93. The summed E-state index contributed by atoms with van der Waals surface area (Å²) in [5.74, 6) is 0.725. The zero-order valence-electron chi connectivity index (χ0n) is 19.0. The van der Waals surface area contributed by atoms with Crippen LogP contribution in [0.15, 0.2) is 78.9 Å². The van der Waals surface area contributed by atoms with Crippen LogP contribution in [0, 0.1) is 6.92 Å². The van der Waals surface area contributed by atoms with Crippen LogP contribution in [0.25, 0.3) is 11.0 Å². The number of hydrogen-bond donors (Lipinski definition) is 1. The lowest BCUT2D eigenvalue weighted by Crippen LogP contribution is -2.31. The summed E-state index contributed by atoms with van der Waals surface area (Å²) in [6.07, 6.45) is 0.889. The van der Waals surface area contributed by atoms with E-state index in [4.69, 9.17) is 4.98 Å². The normalized spacial score (nSPS) is 10.8. The van der Waals surface area contributed by atoms with Crippen LogP contribution in [0.4, 0.5) is 5.69 Å². The van der Waals surface area contributed by atoms with E-state index >= 15 is 0 Å². The number of para-hydroxylation sites is 3. The van der Waals surface area contributed by atoms with Crippen LogP contribution in [0.1, 0.15) is 17.0 Å². The first kappa shape index (κ1) is 22.3. The molecule has 0 aliphatic carbocycles. The number of nitrogens with zero attached hydrogens (tertiary/aromatic N) is 3. The molecule has 0 saturated carbocycles. The zero-order valence-corrected chi connectivity index (χ0v) is 19.0. The Bertz CT molecular complexity index is 1260. The number of fused-ring (bicyclic) bond motifs is 1. The highest BCUT2D eigenvalue weighted by Gasteiger charge is 2.17. The molecule has 0 bridgehead atoms. The molecule has 6 heteroatoms. The number of benzene rings is 3. The summed E-state index contributed by atoms with van der Waals surface area (Å²) in [6.45, 7) is 2.64. The molecular weight excluding hydrogens is 412 g/mol. The van der Waals surface area contributed by atoms with Gasteiger partial charge in [-0.25, -0.2) is 4.98 Å². The lowest BCUT2D eigenvalue weighted by atomic mass is 10.1.